The SMILES string of the molecule is [B][B][B]C1CCCn2c1nc(C)c(CCN1CCC(c3noc4cc(F)ccc34)CC1)c2=O. The molecule has 4 heterocycles. The number of piperidine rings is 1. The molecule has 4 radical (unpaired) electrons. The van der Waals surface area contributed by atoms with Crippen molar-refractivity contribution < 1.29 is 8.91 Å². The summed E-state index contributed by atoms with van der Waals surface area (Å²) in [6.07, 6.45) is 4.57. The van der Waals surface area contributed by atoms with Crippen LogP contribution in [0.1, 0.15) is 60.2 Å². The van der Waals surface area contributed by atoms with Crippen molar-refractivity contribution in [1.82, 2.24) is 19.6 Å². The fourth-order valence-electron chi connectivity index (χ4n) is 5.35. The molecule has 1 unspecified atom stereocenters. The van der Waals surface area contributed by atoms with Crippen molar-refractivity contribution in [2.24, 2.45) is 0 Å². The molecule has 0 N–H and O–H groups in total. The van der Waals surface area contributed by atoms with Crippen LogP contribution in [0, 0.1) is 12.7 Å². The van der Waals surface area contributed by atoms with Gasteiger partial charge in [-0.1, -0.05) is 5.16 Å². The minimum Gasteiger partial charge on any atom is -0.356 e. The first kappa shape index (κ1) is 22.4. The van der Waals surface area contributed by atoms with Gasteiger partial charge in [0, 0.05) is 56.5 Å². The molecule has 166 valence electrons. The van der Waals surface area contributed by atoms with Crippen LogP contribution in [0.2, 0.25) is 0 Å². The second kappa shape index (κ2) is 9.49. The predicted molar refractivity (Wildman–Crippen MR) is 129 cm³/mol. The van der Waals surface area contributed by atoms with Crippen molar-refractivity contribution in [1.29, 1.82) is 0 Å². The molecule has 0 bridgehead atoms. The number of rotatable bonds is 6. The Bertz CT molecular complexity index is 1210. The Labute approximate surface area is 195 Å². The fraction of sp³-hybridized carbons (Fsp3) is 0.522. The largest absolute Gasteiger partial charge is 0.356 e. The lowest BCUT2D eigenvalue weighted by atomic mass is 9.24. The van der Waals surface area contributed by atoms with Gasteiger partial charge in [-0.25, -0.2) is 9.37 Å². The molecule has 1 fully saturated rings. The summed E-state index contributed by atoms with van der Waals surface area (Å²) in [7, 11) is 9.10. The van der Waals surface area contributed by atoms with Gasteiger partial charge in [-0.15, -0.1) is 0 Å². The zero-order valence-electron chi connectivity index (χ0n) is 19.0. The highest BCUT2D eigenvalue weighted by molar-refractivity contribution is 7.24. The molecular formula is C23H26B3FN4O2. The Hall–Kier alpha value is -2.35. The lowest BCUT2D eigenvalue weighted by Gasteiger charge is -2.31. The maximum absolute atomic E-state index is 13.4. The number of hydrogen-bond donors (Lipinski definition) is 0. The van der Waals surface area contributed by atoms with Gasteiger partial charge in [0.1, 0.15) is 11.6 Å². The first-order valence-electron chi connectivity index (χ1n) is 11.8. The van der Waals surface area contributed by atoms with Gasteiger partial charge in [-0.05, 0) is 70.1 Å². The van der Waals surface area contributed by atoms with Crippen LogP contribution in [0.4, 0.5) is 4.39 Å². The molecule has 1 atom stereocenters. The fourth-order valence-corrected chi connectivity index (χ4v) is 5.35. The predicted octanol–water partition coefficient (Wildman–Crippen LogP) is 2.50. The van der Waals surface area contributed by atoms with Crippen molar-refractivity contribution in [2.45, 2.75) is 57.3 Å². The van der Waals surface area contributed by atoms with E-state index in [-0.39, 0.29) is 17.2 Å². The number of hydrogen-bond acceptors (Lipinski definition) is 5. The van der Waals surface area contributed by atoms with E-state index < -0.39 is 0 Å². The first-order chi connectivity index (χ1) is 16.0. The van der Waals surface area contributed by atoms with Crippen molar-refractivity contribution in [3.05, 3.63) is 57.1 Å². The third kappa shape index (κ3) is 4.42. The van der Waals surface area contributed by atoms with E-state index in [0.717, 1.165) is 80.0 Å². The minimum absolute atomic E-state index is 0.101. The Morgan fingerprint density at radius 1 is 1.24 bits per heavy atom. The minimum atomic E-state index is -0.311. The Morgan fingerprint density at radius 2 is 2.06 bits per heavy atom. The summed E-state index contributed by atoms with van der Waals surface area (Å²) in [5, 5.41) is 5.14. The summed E-state index contributed by atoms with van der Waals surface area (Å²) >= 11 is 0. The lowest BCUT2D eigenvalue weighted by molar-refractivity contribution is 0.211. The maximum atomic E-state index is 13.4. The molecule has 0 saturated carbocycles. The van der Waals surface area contributed by atoms with Gasteiger partial charge in [0.15, 0.2) is 5.58 Å². The van der Waals surface area contributed by atoms with E-state index in [9.17, 15) is 9.18 Å². The quantitative estimate of drug-likeness (QED) is 0.550. The summed E-state index contributed by atoms with van der Waals surface area (Å²) in [5.41, 5.74) is 3.19. The van der Waals surface area contributed by atoms with E-state index in [2.05, 4.69) is 10.1 Å². The molecule has 1 aromatic carbocycles. The Balaban J connectivity index is 1.24. The second-order valence-corrected chi connectivity index (χ2v) is 9.20. The van der Waals surface area contributed by atoms with Gasteiger partial charge in [0.25, 0.3) is 5.56 Å². The first-order valence-corrected chi connectivity index (χ1v) is 11.8. The van der Waals surface area contributed by atoms with E-state index in [0.29, 0.717) is 17.9 Å². The van der Waals surface area contributed by atoms with E-state index in [1.807, 2.05) is 18.7 Å². The van der Waals surface area contributed by atoms with Gasteiger partial charge in [0.2, 0.25) is 0 Å². The highest BCUT2D eigenvalue weighted by Crippen LogP contribution is 2.33. The number of likely N-dealkylation sites (tertiary alicyclic amines) is 1. The number of benzene rings is 1. The van der Waals surface area contributed by atoms with Crippen molar-refractivity contribution >= 4 is 32.9 Å². The molecule has 33 heavy (non-hydrogen) atoms. The molecule has 1 saturated heterocycles. The van der Waals surface area contributed by atoms with Crippen molar-refractivity contribution in [3.8, 4) is 0 Å². The van der Waals surface area contributed by atoms with Gasteiger partial charge >= 0.3 is 0 Å². The van der Waals surface area contributed by atoms with E-state index in [4.69, 9.17) is 17.2 Å². The lowest BCUT2D eigenvalue weighted by Crippen LogP contribution is -2.38. The second-order valence-electron chi connectivity index (χ2n) is 9.20. The monoisotopic (exact) mass is 442 g/mol. The van der Waals surface area contributed by atoms with Crippen LogP contribution < -0.4 is 5.56 Å². The van der Waals surface area contributed by atoms with Gasteiger partial charge < -0.3 is 9.42 Å². The molecule has 2 aliphatic rings. The average Bonchev–Trinajstić information content (AvgIpc) is 3.23. The molecule has 3 aromatic rings. The van der Waals surface area contributed by atoms with Crippen LogP contribution in [0.5, 0.6) is 0 Å². The number of halogens is 1. The van der Waals surface area contributed by atoms with Crippen LogP contribution in [0.3, 0.4) is 0 Å². The molecule has 2 aliphatic heterocycles. The zero-order chi connectivity index (χ0) is 22.9. The van der Waals surface area contributed by atoms with Crippen LogP contribution in [0.25, 0.3) is 11.0 Å². The summed E-state index contributed by atoms with van der Waals surface area (Å²) in [6.45, 7) is 5.37. The number of aryl methyl sites for hydroxylation is 1. The van der Waals surface area contributed by atoms with Gasteiger partial charge in [0.05, 0.1) is 12.9 Å². The molecule has 6 nitrogen and oxygen atoms in total. The van der Waals surface area contributed by atoms with Crippen LogP contribution in [-0.4, -0.2) is 61.2 Å². The molecular weight excluding hydrogens is 416 g/mol. The molecule has 2 aromatic heterocycles. The van der Waals surface area contributed by atoms with Gasteiger partial charge in [-0.2, -0.15) is 0 Å². The van der Waals surface area contributed by atoms with Crippen molar-refractivity contribution in [3.63, 3.8) is 0 Å². The normalized spacial score (nSPS) is 19.5. The van der Waals surface area contributed by atoms with Crippen molar-refractivity contribution in [2.75, 3.05) is 19.6 Å². The third-order valence-electron chi connectivity index (χ3n) is 7.19. The van der Waals surface area contributed by atoms with Crippen LogP contribution in [0.15, 0.2) is 27.5 Å². The van der Waals surface area contributed by atoms with Gasteiger partial charge in [-0.3, -0.25) is 9.36 Å². The Kier molecular flexibility index (Phi) is 6.46. The van der Waals surface area contributed by atoms with Crippen LogP contribution >= 0.6 is 0 Å². The highest BCUT2D eigenvalue weighted by atomic mass is 19.1. The average molecular weight is 442 g/mol. The topological polar surface area (TPSA) is 64.2 Å². The Morgan fingerprint density at radius 3 is 2.85 bits per heavy atom. The molecule has 10 heteroatoms. The zero-order valence-corrected chi connectivity index (χ0v) is 19.0. The number of fused-ring (bicyclic) bond motifs is 2. The molecule has 0 aliphatic carbocycles. The standard InChI is InChI=1S/C23H26B3FN4O2/c1-14-17(23(32)31-9-2-3-19(25-26-24)22(31)28-14)8-12-30-10-6-15(7-11-30)21-18-5-4-16(27)13-20(18)33-29-21/h4-5,13,15,19H,2-3,6-12H2,1H3. The molecule has 0 amide bonds. The number of nitrogens with zero attached hydrogens (tertiary/aromatic N) is 4. The van der Waals surface area contributed by atoms with Crippen LogP contribution in [-0.2, 0) is 13.0 Å². The van der Waals surface area contributed by atoms with E-state index in [1.54, 1.807) is 13.1 Å². The highest BCUT2D eigenvalue weighted by Gasteiger charge is 2.27. The summed E-state index contributed by atoms with van der Waals surface area (Å²) in [5.74, 6) is 0.953. The smallest absolute Gasteiger partial charge is 0.256 e. The third-order valence-corrected chi connectivity index (χ3v) is 7.19. The number of aromatic nitrogens is 3. The summed E-state index contributed by atoms with van der Waals surface area (Å²) in [4.78, 5) is 20.4. The summed E-state index contributed by atoms with van der Waals surface area (Å²) in [6, 6.07) is 4.61. The molecule has 0 spiro atoms. The summed E-state index contributed by atoms with van der Waals surface area (Å²) < 4.78 is 20.6. The molecule has 5 rings (SSSR count). The maximum Gasteiger partial charge on any atom is 0.256 e. The van der Waals surface area contributed by atoms with E-state index >= 15 is 0 Å². The van der Waals surface area contributed by atoms with E-state index in [1.165, 1.54) is 12.1 Å².